The summed E-state index contributed by atoms with van der Waals surface area (Å²) in [6.45, 7) is 7.04. The van der Waals surface area contributed by atoms with E-state index in [4.69, 9.17) is 5.73 Å². The van der Waals surface area contributed by atoms with Gasteiger partial charge in [0.05, 0.1) is 0 Å². The summed E-state index contributed by atoms with van der Waals surface area (Å²) in [6, 6.07) is 0. The summed E-state index contributed by atoms with van der Waals surface area (Å²) in [7, 11) is 0. The van der Waals surface area contributed by atoms with Crippen LogP contribution in [-0.2, 0) is 0 Å². The molecule has 18 heavy (non-hydrogen) atoms. The van der Waals surface area contributed by atoms with Crippen molar-refractivity contribution in [1.29, 1.82) is 0 Å². The van der Waals surface area contributed by atoms with Crippen LogP contribution in [0, 0.1) is 11.8 Å². The predicted octanol–water partition coefficient (Wildman–Crippen LogP) is 5.28. The van der Waals surface area contributed by atoms with E-state index in [0.717, 1.165) is 11.8 Å². The van der Waals surface area contributed by atoms with Crippen LogP contribution < -0.4 is 5.73 Å². The molecule has 0 heterocycles. The van der Waals surface area contributed by atoms with Crippen molar-refractivity contribution < 1.29 is 0 Å². The van der Waals surface area contributed by atoms with E-state index in [0.29, 0.717) is 0 Å². The molecule has 1 saturated carbocycles. The van der Waals surface area contributed by atoms with Crippen LogP contribution in [0.15, 0.2) is 0 Å². The minimum absolute atomic E-state index is 0.167. The highest BCUT2D eigenvalue weighted by Gasteiger charge is 2.33. The Kier molecular flexibility index (Phi) is 7.29. The zero-order valence-corrected chi connectivity index (χ0v) is 13.0. The molecule has 0 radical (unpaired) electrons. The maximum atomic E-state index is 6.60. The molecular formula is C17H35N. The van der Waals surface area contributed by atoms with E-state index in [9.17, 15) is 0 Å². The van der Waals surface area contributed by atoms with Crippen molar-refractivity contribution in [3.8, 4) is 0 Å². The van der Waals surface area contributed by atoms with Crippen LogP contribution in [0.1, 0.15) is 91.4 Å². The fraction of sp³-hybridized carbons (Fsp3) is 1.00. The minimum Gasteiger partial charge on any atom is -0.325 e. The monoisotopic (exact) mass is 253 g/mol. The number of unbranched alkanes of at least 4 members (excludes halogenated alkanes) is 6. The smallest absolute Gasteiger partial charge is 0.0159 e. The van der Waals surface area contributed by atoms with E-state index < -0.39 is 0 Å². The van der Waals surface area contributed by atoms with Crippen LogP contribution in [-0.4, -0.2) is 5.54 Å². The predicted molar refractivity (Wildman–Crippen MR) is 81.7 cm³/mol. The molecule has 1 heteroatoms. The van der Waals surface area contributed by atoms with Gasteiger partial charge in [-0.2, -0.15) is 0 Å². The van der Waals surface area contributed by atoms with Crippen molar-refractivity contribution in [2.75, 3.05) is 0 Å². The van der Waals surface area contributed by atoms with Crippen molar-refractivity contribution in [3.05, 3.63) is 0 Å². The Hall–Kier alpha value is -0.0400. The highest BCUT2D eigenvalue weighted by Crippen LogP contribution is 2.37. The second-order valence-electron chi connectivity index (χ2n) is 7.09. The first kappa shape index (κ1) is 16.0. The first-order valence-corrected chi connectivity index (χ1v) is 8.34. The summed E-state index contributed by atoms with van der Waals surface area (Å²) < 4.78 is 0. The zero-order valence-electron chi connectivity index (χ0n) is 13.0. The Balaban J connectivity index is 2.10. The summed E-state index contributed by atoms with van der Waals surface area (Å²) in [4.78, 5) is 0. The number of hydrogen-bond donors (Lipinski definition) is 1. The van der Waals surface area contributed by atoms with Crippen molar-refractivity contribution in [2.45, 2.75) is 96.9 Å². The Bertz CT molecular complexity index is 202. The van der Waals surface area contributed by atoms with E-state index >= 15 is 0 Å². The van der Waals surface area contributed by atoms with E-state index in [1.54, 1.807) is 0 Å². The van der Waals surface area contributed by atoms with Gasteiger partial charge >= 0.3 is 0 Å². The quantitative estimate of drug-likeness (QED) is 0.585. The largest absolute Gasteiger partial charge is 0.325 e. The van der Waals surface area contributed by atoms with Crippen molar-refractivity contribution in [2.24, 2.45) is 17.6 Å². The summed E-state index contributed by atoms with van der Waals surface area (Å²) in [5.74, 6) is 1.67. The third-order valence-electron chi connectivity index (χ3n) is 4.59. The molecule has 1 aliphatic rings. The molecule has 1 fully saturated rings. The molecule has 0 spiro atoms. The van der Waals surface area contributed by atoms with Gasteiger partial charge in [-0.1, -0.05) is 65.7 Å². The number of hydrogen-bond acceptors (Lipinski definition) is 1. The standard InChI is InChI=1S/C17H35N/c1-4-5-6-7-8-9-10-11-17(18)13-15(2)12-16(3)14-17/h15-16H,4-14,18H2,1-3H3. The highest BCUT2D eigenvalue weighted by molar-refractivity contribution is 4.91. The van der Waals surface area contributed by atoms with Gasteiger partial charge in [-0.15, -0.1) is 0 Å². The SMILES string of the molecule is CCCCCCCCCC1(N)CC(C)CC(C)C1. The van der Waals surface area contributed by atoms with Gasteiger partial charge in [-0.25, -0.2) is 0 Å². The first-order valence-electron chi connectivity index (χ1n) is 8.34. The van der Waals surface area contributed by atoms with Crippen LogP contribution in [0.5, 0.6) is 0 Å². The molecule has 1 rings (SSSR count). The Morgan fingerprint density at radius 3 is 1.94 bits per heavy atom. The van der Waals surface area contributed by atoms with Gasteiger partial charge in [0.15, 0.2) is 0 Å². The first-order chi connectivity index (χ1) is 8.56. The fourth-order valence-corrected chi connectivity index (χ4v) is 3.96. The summed E-state index contributed by atoms with van der Waals surface area (Å²) in [6.07, 6.45) is 14.9. The minimum atomic E-state index is 0.167. The van der Waals surface area contributed by atoms with Crippen molar-refractivity contribution in [1.82, 2.24) is 0 Å². The molecule has 1 aliphatic carbocycles. The third kappa shape index (κ3) is 6.22. The van der Waals surface area contributed by atoms with Gasteiger partial charge in [-0.3, -0.25) is 0 Å². The van der Waals surface area contributed by atoms with Crippen LogP contribution in [0.25, 0.3) is 0 Å². The molecule has 0 aromatic carbocycles. The molecule has 0 aromatic rings. The van der Waals surface area contributed by atoms with Gasteiger partial charge in [0.1, 0.15) is 0 Å². The molecular weight excluding hydrogens is 218 g/mol. The van der Waals surface area contributed by atoms with Crippen molar-refractivity contribution >= 4 is 0 Å². The van der Waals surface area contributed by atoms with Crippen LogP contribution in [0.2, 0.25) is 0 Å². The molecule has 1 nitrogen and oxygen atoms in total. The molecule has 2 unspecified atom stereocenters. The van der Waals surface area contributed by atoms with E-state index in [2.05, 4.69) is 20.8 Å². The summed E-state index contributed by atoms with van der Waals surface area (Å²) >= 11 is 0. The van der Waals surface area contributed by atoms with E-state index in [-0.39, 0.29) is 5.54 Å². The number of nitrogens with two attached hydrogens (primary N) is 1. The zero-order chi connectivity index (χ0) is 13.4. The molecule has 0 amide bonds. The molecule has 2 N–H and O–H groups in total. The van der Waals surface area contributed by atoms with Gasteiger partial charge in [0.2, 0.25) is 0 Å². The fourth-order valence-electron chi connectivity index (χ4n) is 3.96. The average Bonchev–Trinajstić information content (AvgIpc) is 2.26. The Labute approximate surface area is 115 Å². The van der Waals surface area contributed by atoms with E-state index in [1.807, 2.05) is 0 Å². The van der Waals surface area contributed by atoms with Gasteiger partial charge in [-0.05, 0) is 37.5 Å². The number of rotatable bonds is 8. The Morgan fingerprint density at radius 2 is 1.39 bits per heavy atom. The molecule has 0 aromatic heterocycles. The lowest BCUT2D eigenvalue weighted by Gasteiger charge is -2.40. The van der Waals surface area contributed by atoms with E-state index in [1.165, 1.54) is 70.6 Å². The lowest BCUT2D eigenvalue weighted by Crippen LogP contribution is -2.46. The van der Waals surface area contributed by atoms with Gasteiger partial charge < -0.3 is 5.73 Å². The molecule has 0 bridgehead atoms. The maximum absolute atomic E-state index is 6.60. The van der Waals surface area contributed by atoms with Crippen LogP contribution in [0.4, 0.5) is 0 Å². The van der Waals surface area contributed by atoms with Crippen molar-refractivity contribution in [3.63, 3.8) is 0 Å². The highest BCUT2D eigenvalue weighted by atomic mass is 14.7. The lowest BCUT2D eigenvalue weighted by atomic mass is 9.70. The maximum Gasteiger partial charge on any atom is 0.0159 e. The summed E-state index contributed by atoms with van der Waals surface area (Å²) in [5, 5.41) is 0. The van der Waals surface area contributed by atoms with Gasteiger partial charge in [0.25, 0.3) is 0 Å². The Morgan fingerprint density at radius 1 is 0.889 bits per heavy atom. The third-order valence-corrected chi connectivity index (χ3v) is 4.59. The van der Waals surface area contributed by atoms with Crippen LogP contribution in [0.3, 0.4) is 0 Å². The molecule has 0 aliphatic heterocycles. The second kappa shape index (κ2) is 8.19. The molecule has 0 saturated heterocycles. The molecule has 108 valence electrons. The normalized spacial score (nSPS) is 32.7. The molecule has 2 atom stereocenters. The average molecular weight is 253 g/mol. The second-order valence-corrected chi connectivity index (χ2v) is 7.09. The van der Waals surface area contributed by atoms with Gasteiger partial charge in [0, 0.05) is 5.54 Å². The summed E-state index contributed by atoms with van der Waals surface area (Å²) in [5.41, 5.74) is 6.77. The topological polar surface area (TPSA) is 26.0 Å². The van der Waals surface area contributed by atoms with Crippen LogP contribution >= 0.6 is 0 Å². The lowest BCUT2D eigenvalue weighted by molar-refractivity contribution is 0.169.